The maximum Gasteiger partial charge on any atom is 0.158 e. The van der Waals surface area contributed by atoms with Crippen LogP contribution in [0.4, 0.5) is 0 Å². The van der Waals surface area contributed by atoms with Gasteiger partial charge in [-0.05, 0) is 118 Å². The summed E-state index contributed by atoms with van der Waals surface area (Å²) in [5.74, 6) is 2.42. The second-order valence-electron chi connectivity index (χ2n) is 18.8. The molecule has 10 nitrogen and oxygen atoms in total. The number of hydrogen-bond acceptors (Lipinski definition) is 10. The van der Waals surface area contributed by atoms with E-state index in [1.807, 2.05) is 7.11 Å². The second-order valence-corrected chi connectivity index (χ2v) is 18.8. The lowest BCUT2D eigenvalue weighted by atomic mass is 9.62. The Labute approximate surface area is 364 Å². The topological polar surface area (TPSA) is 114 Å². The lowest BCUT2D eigenvalue weighted by molar-refractivity contribution is -0.225. The van der Waals surface area contributed by atoms with E-state index in [4.69, 9.17) is 37.9 Å². The predicted octanol–water partition coefficient (Wildman–Crippen LogP) is 9.09. The van der Waals surface area contributed by atoms with Crippen LogP contribution in [0.1, 0.15) is 113 Å². The quantitative estimate of drug-likeness (QED) is 0.0913. The molecule has 346 valence electrons. The molecule has 2 N–H and O–H groups in total. The minimum atomic E-state index is -0.427. The Morgan fingerprint density at radius 2 is 1.12 bits per heavy atom. The first-order valence-electron chi connectivity index (χ1n) is 23.3. The number of aliphatic hydroxyl groups is 2. The third-order valence-electron chi connectivity index (χ3n) is 15.5. The summed E-state index contributed by atoms with van der Waals surface area (Å²) in [6, 6.07) is 0. The average molecular weight is 847 g/mol. The first-order chi connectivity index (χ1) is 28.8. The zero-order chi connectivity index (χ0) is 44.1. The highest BCUT2D eigenvalue weighted by Gasteiger charge is 2.45. The Kier molecular flexibility index (Phi) is 21.5. The van der Waals surface area contributed by atoms with Gasteiger partial charge < -0.3 is 48.1 Å². The number of rotatable bonds is 24. The fraction of sp³-hybridized carbons (Fsp3) is 0.840. The molecule has 0 aromatic carbocycles. The van der Waals surface area contributed by atoms with Gasteiger partial charge in [0.2, 0.25) is 0 Å². The van der Waals surface area contributed by atoms with Gasteiger partial charge >= 0.3 is 0 Å². The van der Waals surface area contributed by atoms with Gasteiger partial charge in [0.15, 0.2) is 12.6 Å². The fourth-order valence-electron chi connectivity index (χ4n) is 11.1. The highest BCUT2D eigenvalue weighted by molar-refractivity contribution is 5.19. The summed E-state index contributed by atoms with van der Waals surface area (Å²) in [6.07, 6.45) is 20.6. The lowest BCUT2D eigenvalue weighted by Gasteiger charge is -2.47. The molecular formula is C50H86O10. The van der Waals surface area contributed by atoms with Crippen LogP contribution in [-0.2, 0) is 37.9 Å². The molecular weight excluding hydrogens is 761 g/mol. The number of aliphatic hydroxyl groups excluding tert-OH is 2. The van der Waals surface area contributed by atoms with Gasteiger partial charge in [0.1, 0.15) is 12.2 Å². The number of methoxy groups -OCH3 is 6. The maximum atomic E-state index is 11.6. The molecule has 4 aliphatic rings. The Balaban J connectivity index is 1.33. The van der Waals surface area contributed by atoms with Crippen LogP contribution in [-0.4, -0.2) is 114 Å². The van der Waals surface area contributed by atoms with Gasteiger partial charge in [-0.1, -0.05) is 71.1 Å². The van der Waals surface area contributed by atoms with E-state index in [1.54, 1.807) is 35.5 Å². The molecule has 2 aliphatic heterocycles. The molecule has 2 saturated carbocycles. The van der Waals surface area contributed by atoms with E-state index in [1.165, 1.54) is 0 Å². The summed E-state index contributed by atoms with van der Waals surface area (Å²) in [5, 5.41) is 23.0. The van der Waals surface area contributed by atoms with E-state index in [0.717, 1.165) is 75.4 Å². The summed E-state index contributed by atoms with van der Waals surface area (Å²) in [6.45, 7) is 15.2. The highest BCUT2D eigenvalue weighted by Crippen LogP contribution is 2.47. The Hall–Kier alpha value is -1.44. The standard InChI is InChI=1S/C50H86O10/c1-14-41(53-8)34(6)37-22-24-39(37)46(51)31(3)18-16-20-33(5)49-50(58-13)36(29-45(57-12)60-49)21-26-42(54-9)35(7)38-23-25-40(38)47(52)30(2)17-15-19-32(4)48-43(55-10)27-28-44(56-11)59-48/h15-20,30-31,34-52H,14,21-29H2,1-13H3/b17-15+,18-16+,32-19+,33-20+/t30-,31-,34-,35-,36?,37+,38+,39-,40-,41-,42-,43+,44+,45+,46+,47+,48+,49+,50-/m0/s1. The van der Waals surface area contributed by atoms with Crippen LogP contribution in [0.2, 0.25) is 0 Å². The summed E-state index contributed by atoms with van der Waals surface area (Å²) < 4.78 is 47.8. The molecule has 2 heterocycles. The highest BCUT2D eigenvalue weighted by atomic mass is 16.7. The Morgan fingerprint density at radius 3 is 1.57 bits per heavy atom. The molecule has 19 atom stereocenters. The van der Waals surface area contributed by atoms with Crippen LogP contribution in [0, 0.1) is 53.3 Å². The maximum absolute atomic E-state index is 11.6. The number of allylic oxidation sites excluding steroid dienone is 4. The van der Waals surface area contributed by atoms with Crippen LogP contribution < -0.4 is 0 Å². The van der Waals surface area contributed by atoms with Crippen molar-refractivity contribution in [2.75, 3.05) is 42.7 Å². The molecule has 2 saturated heterocycles. The zero-order valence-corrected chi connectivity index (χ0v) is 39.7. The van der Waals surface area contributed by atoms with E-state index in [0.29, 0.717) is 29.6 Å². The van der Waals surface area contributed by atoms with Crippen LogP contribution in [0.5, 0.6) is 0 Å². The largest absolute Gasteiger partial charge is 0.392 e. The third kappa shape index (κ3) is 12.9. The fourth-order valence-corrected chi connectivity index (χ4v) is 11.1. The van der Waals surface area contributed by atoms with Crippen molar-refractivity contribution >= 4 is 0 Å². The second kappa shape index (κ2) is 25.2. The van der Waals surface area contributed by atoms with Gasteiger partial charge in [0, 0.05) is 67.3 Å². The molecule has 0 aromatic rings. The third-order valence-corrected chi connectivity index (χ3v) is 15.5. The lowest BCUT2D eigenvalue weighted by Crippen LogP contribution is -2.48. The van der Waals surface area contributed by atoms with E-state index >= 15 is 0 Å². The van der Waals surface area contributed by atoms with E-state index in [-0.39, 0.29) is 79.0 Å². The van der Waals surface area contributed by atoms with Crippen molar-refractivity contribution in [2.45, 2.75) is 174 Å². The monoisotopic (exact) mass is 847 g/mol. The van der Waals surface area contributed by atoms with Crippen molar-refractivity contribution in [3.63, 3.8) is 0 Å². The normalized spacial score (nSPS) is 36.0. The molecule has 4 rings (SSSR count). The minimum Gasteiger partial charge on any atom is -0.392 e. The van der Waals surface area contributed by atoms with Gasteiger partial charge in [-0.15, -0.1) is 0 Å². The SMILES string of the molecule is CC[C@H](OC)[C@@H](C)[C@H]1CC[C@@H]1[C@H](O)[C@@H](C)/C=C/C=C(\C)[C@H]1O[C@@H](OC)CC(CC[C@H](OC)[C@@H](C)[C@H]2CC[C@@H]2[C@H](O)[C@@H](C)/C=C/C=C(\C)[C@H]2O[C@@H](OC)CC[C@H]2OC)[C@@H]1OC. The first kappa shape index (κ1) is 51.2. The Morgan fingerprint density at radius 1 is 0.617 bits per heavy atom. The van der Waals surface area contributed by atoms with Crippen LogP contribution in [0.3, 0.4) is 0 Å². The van der Waals surface area contributed by atoms with Gasteiger partial charge in [-0.25, -0.2) is 0 Å². The van der Waals surface area contributed by atoms with Crippen LogP contribution >= 0.6 is 0 Å². The molecule has 0 amide bonds. The molecule has 0 aromatic heterocycles. The van der Waals surface area contributed by atoms with Crippen molar-refractivity contribution < 1.29 is 48.1 Å². The first-order valence-corrected chi connectivity index (χ1v) is 23.3. The molecule has 4 fully saturated rings. The molecule has 0 radical (unpaired) electrons. The van der Waals surface area contributed by atoms with Gasteiger partial charge in [0.05, 0.1) is 36.6 Å². The molecule has 60 heavy (non-hydrogen) atoms. The van der Waals surface area contributed by atoms with Crippen molar-refractivity contribution in [1.29, 1.82) is 0 Å². The predicted molar refractivity (Wildman–Crippen MR) is 238 cm³/mol. The van der Waals surface area contributed by atoms with E-state index in [9.17, 15) is 10.2 Å². The van der Waals surface area contributed by atoms with Gasteiger partial charge in [0.25, 0.3) is 0 Å². The van der Waals surface area contributed by atoms with Crippen molar-refractivity contribution in [1.82, 2.24) is 0 Å². The van der Waals surface area contributed by atoms with Crippen LogP contribution in [0.15, 0.2) is 47.6 Å². The van der Waals surface area contributed by atoms with Crippen molar-refractivity contribution in [3.8, 4) is 0 Å². The molecule has 2 aliphatic carbocycles. The zero-order valence-electron chi connectivity index (χ0n) is 39.7. The minimum absolute atomic E-state index is 0.00348. The summed E-state index contributed by atoms with van der Waals surface area (Å²) in [5.41, 5.74) is 2.16. The molecule has 0 bridgehead atoms. The van der Waals surface area contributed by atoms with E-state index in [2.05, 4.69) is 84.9 Å². The molecule has 0 spiro atoms. The summed E-state index contributed by atoms with van der Waals surface area (Å²) in [4.78, 5) is 0. The van der Waals surface area contributed by atoms with E-state index < -0.39 is 6.10 Å². The molecule has 1 unspecified atom stereocenters. The average Bonchev–Trinajstić information content (AvgIpc) is 3.22. The Bertz CT molecular complexity index is 1360. The van der Waals surface area contributed by atoms with Gasteiger partial charge in [-0.2, -0.15) is 0 Å². The number of hydrogen-bond donors (Lipinski definition) is 2. The number of ether oxygens (including phenoxy) is 8. The van der Waals surface area contributed by atoms with Crippen molar-refractivity contribution in [3.05, 3.63) is 47.6 Å². The smallest absolute Gasteiger partial charge is 0.158 e. The molecule has 10 heteroatoms. The van der Waals surface area contributed by atoms with Crippen LogP contribution in [0.25, 0.3) is 0 Å². The summed E-state index contributed by atoms with van der Waals surface area (Å²) in [7, 11) is 10.5. The van der Waals surface area contributed by atoms with Crippen molar-refractivity contribution in [2.24, 2.45) is 53.3 Å². The summed E-state index contributed by atoms with van der Waals surface area (Å²) >= 11 is 0. The van der Waals surface area contributed by atoms with Gasteiger partial charge in [-0.3, -0.25) is 0 Å².